The van der Waals surface area contributed by atoms with Crippen LogP contribution in [0.2, 0.25) is 5.15 Å². The summed E-state index contributed by atoms with van der Waals surface area (Å²) in [5.41, 5.74) is 1.78. The Bertz CT molecular complexity index is 561. The summed E-state index contributed by atoms with van der Waals surface area (Å²) >= 11 is 5.83. The maximum absolute atomic E-state index is 10.00. The fourth-order valence-corrected chi connectivity index (χ4v) is 2.36. The van der Waals surface area contributed by atoms with Crippen LogP contribution in [-0.2, 0) is 0 Å². The van der Waals surface area contributed by atoms with Crippen LogP contribution < -0.4 is 4.90 Å². The molecule has 0 amide bonds. The van der Waals surface area contributed by atoms with E-state index in [0.717, 1.165) is 11.3 Å². The Morgan fingerprint density at radius 1 is 1.22 bits per heavy atom. The van der Waals surface area contributed by atoms with Crippen LogP contribution in [-0.4, -0.2) is 21.8 Å². The molecule has 2 aromatic rings. The largest absolute Gasteiger partial charge is 0.388 e. The van der Waals surface area contributed by atoms with Crippen molar-refractivity contribution >= 4 is 23.1 Å². The molecule has 0 saturated heterocycles. The number of aromatic nitrogens is 2. The van der Waals surface area contributed by atoms with Crippen molar-refractivity contribution in [3.63, 3.8) is 0 Å². The number of hydrogen-bond acceptors (Lipinski definition) is 4. The molecule has 18 heavy (non-hydrogen) atoms. The number of halogens is 1. The van der Waals surface area contributed by atoms with Crippen LogP contribution in [0.3, 0.4) is 0 Å². The Morgan fingerprint density at radius 2 is 2.00 bits per heavy atom. The molecular weight excluding hydrogens is 250 g/mol. The monoisotopic (exact) mass is 261 g/mol. The van der Waals surface area contributed by atoms with E-state index in [0.29, 0.717) is 23.9 Å². The van der Waals surface area contributed by atoms with E-state index in [4.69, 9.17) is 11.6 Å². The fraction of sp³-hybridized carbons (Fsp3) is 0.231. The van der Waals surface area contributed by atoms with E-state index in [1.165, 1.54) is 0 Å². The van der Waals surface area contributed by atoms with Crippen molar-refractivity contribution in [3.05, 3.63) is 47.1 Å². The zero-order valence-electron chi connectivity index (χ0n) is 9.62. The molecule has 92 valence electrons. The minimum absolute atomic E-state index is 0.308. The van der Waals surface area contributed by atoms with Gasteiger partial charge in [0, 0.05) is 17.8 Å². The van der Waals surface area contributed by atoms with Crippen LogP contribution in [0.1, 0.15) is 18.1 Å². The molecule has 1 unspecified atom stereocenters. The van der Waals surface area contributed by atoms with Gasteiger partial charge < -0.3 is 10.0 Å². The third kappa shape index (κ3) is 1.94. The second-order valence-corrected chi connectivity index (χ2v) is 4.62. The lowest BCUT2D eigenvalue weighted by molar-refractivity contribution is 0.165. The van der Waals surface area contributed by atoms with Crippen molar-refractivity contribution in [1.29, 1.82) is 0 Å². The van der Waals surface area contributed by atoms with Gasteiger partial charge in [-0.15, -0.1) is 10.2 Å². The summed E-state index contributed by atoms with van der Waals surface area (Å²) < 4.78 is 0. The molecule has 1 aliphatic heterocycles. The van der Waals surface area contributed by atoms with Gasteiger partial charge in [-0.2, -0.15) is 0 Å². The average Bonchev–Trinajstić information content (AvgIpc) is 2.41. The van der Waals surface area contributed by atoms with Crippen molar-refractivity contribution in [2.45, 2.75) is 12.5 Å². The van der Waals surface area contributed by atoms with Gasteiger partial charge in [-0.05, 0) is 24.6 Å². The maximum atomic E-state index is 10.00. The normalized spacial score (nSPS) is 18.6. The van der Waals surface area contributed by atoms with Crippen molar-refractivity contribution < 1.29 is 5.11 Å². The Balaban J connectivity index is 2.08. The van der Waals surface area contributed by atoms with E-state index in [1.807, 2.05) is 35.2 Å². The highest BCUT2D eigenvalue weighted by Crippen LogP contribution is 2.36. The molecule has 0 aliphatic carbocycles. The zero-order valence-corrected chi connectivity index (χ0v) is 10.4. The molecule has 0 bridgehead atoms. The highest BCUT2D eigenvalue weighted by molar-refractivity contribution is 6.29. The lowest BCUT2D eigenvalue weighted by Gasteiger charge is -2.32. The molecule has 1 N–H and O–H groups in total. The van der Waals surface area contributed by atoms with Gasteiger partial charge in [0.25, 0.3) is 0 Å². The number of benzene rings is 1. The molecule has 1 aromatic carbocycles. The molecule has 4 nitrogen and oxygen atoms in total. The lowest BCUT2D eigenvalue weighted by Crippen LogP contribution is -2.28. The molecule has 0 spiro atoms. The number of hydrogen-bond donors (Lipinski definition) is 1. The van der Waals surface area contributed by atoms with Gasteiger partial charge >= 0.3 is 0 Å². The Labute approximate surface area is 110 Å². The number of aliphatic hydroxyl groups is 1. The topological polar surface area (TPSA) is 49.2 Å². The first-order valence-electron chi connectivity index (χ1n) is 5.79. The molecule has 0 saturated carbocycles. The Hall–Kier alpha value is -1.65. The van der Waals surface area contributed by atoms with E-state index >= 15 is 0 Å². The molecule has 1 aromatic heterocycles. The van der Waals surface area contributed by atoms with Crippen molar-refractivity contribution in [1.82, 2.24) is 10.2 Å². The second-order valence-electron chi connectivity index (χ2n) is 4.24. The fourth-order valence-electron chi connectivity index (χ4n) is 2.20. The Morgan fingerprint density at radius 3 is 2.78 bits per heavy atom. The summed E-state index contributed by atoms with van der Waals surface area (Å²) in [6.45, 7) is 0.717. The SMILES string of the molecule is OC1CCN(c2ccccc2)c2nnc(Cl)cc21. The van der Waals surface area contributed by atoms with Crippen LogP contribution in [0.25, 0.3) is 0 Å². The molecule has 3 rings (SSSR count). The van der Waals surface area contributed by atoms with E-state index in [2.05, 4.69) is 10.2 Å². The van der Waals surface area contributed by atoms with Gasteiger partial charge in [-0.1, -0.05) is 29.8 Å². The third-order valence-electron chi connectivity index (χ3n) is 3.08. The first-order chi connectivity index (χ1) is 8.75. The smallest absolute Gasteiger partial charge is 0.161 e. The number of fused-ring (bicyclic) bond motifs is 1. The van der Waals surface area contributed by atoms with Gasteiger partial charge in [0.05, 0.1) is 6.10 Å². The molecule has 0 fully saturated rings. The number of nitrogens with zero attached hydrogens (tertiary/aromatic N) is 3. The van der Waals surface area contributed by atoms with Gasteiger partial charge in [0.2, 0.25) is 0 Å². The summed E-state index contributed by atoms with van der Waals surface area (Å²) in [5, 5.41) is 18.3. The molecule has 1 aliphatic rings. The minimum atomic E-state index is -0.520. The van der Waals surface area contributed by atoms with Crippen LogP contribution in [0, 0.1) is 0 Å². The number of rotatable bonds is 1. The average molecular weight is 262 g/mol. The highest BCUT2D eigenvalue weighted by Gasteiger charge is 2.26. The van der Waals surface area contributed by atoms with E-state index < -0.39 is 6.10 Å². The summed E-state index contributed by atoms with van der Waals surface area (Å²) in [7, 11) is 0. The first kappa shape index (κ1) is 11.4. The van der Waals surface area contributed by atoms with E-state index in [-0.39, 0.29) is 0 Å². The van der Waals surface area contributed by atoms with Crippen LogP contribution in [0.4, 0.5) is 11.5 Å². The van der Waals surface area contributed by atoms with E-state index in [9.17, 15) is 5.11 Å². The van der Waals surface area contributed by atoms with Crippen LogP contribution in [0.5, 0.6) is 0 Å². The first-order valence-corrected chi connectivity index (χ1v) is 6.17. The quantitative estimate of drug-likeness (QED) is 0.858. The van der Waals surface area contributed by atoms with Crippen LogP contribution in [0.15, 0.2) is 36.4 Å². The van der Waals surface area contributed by atoms with Crippen molar-refractivity contribution in [3.8, 4) is 0 Å². The molecular formula is C13H12ClN3O. The Kier molecular flexibility index (Phi) is 2.89. The van der Waals surface area contributed by atoms with Crippen molar-refractivity contribution in [2.24, 2.45) is 0 Å². The molecule has 2 heterocycles. The van der Waals surface area contributed by atoms with Gasteiger partial charge in [-0.25, -0.2) is 0 Å². The second kappa shape index (κ2) is 4.55. The molecule has 5 heteroatoms. The summed E-state index contributed by atoms with van der Waals surface area (Å²) in [4.78, 5) is 2.05. The van der Waals surface area contributed by atoms with Gasteiger partial charge in [0.1, 0.15) is 0 Å². The molecule has 1 atom stereocenters. The zero-order chi connectivity index (χ0) is 12.5. The predicted octanol–water partition coefficient (Wildman–Crippen LogP) is 2.71. The van der Waals surface area contributed by atoms with Gasteiger partial charge in [0.15, 0.2) is 11.0 Å². The van der Waals surface area contributed by atoms with Crippen molar-refractivity contribution in [2.75, 3.05) is 11.4 Å². The van der Waals surface area contributed by atoms with E-state index in [1.54, 1.807) is 6.07 Å². The predicted molar refractivity (Wildman–Crippen MR) is 70.1 cm³/mol. The highest BCUT2D eigenvalue weighted by atomic mass is 35.5. The summed E-state index contributed by atoms with van der Waals surface area (Å²) in [6, 6.07) is 11.6. The van der Waals surface area contributed by atoms with Gasteiger partial charge in [-0.3, -0.25) is 0 Å². The summed E-state index contributed by atoms with van der Waals surface area (Å²) in [6.07, 6.45) is 0.136. The lowest BCUT2D eigenvalue weighted by atomic mass is 10.0. The standard InChI is InChI=1S/C13H12ClN3O/c14-12-8-10-11(18)6-7-17(13(10)16-15-12)9-4-2-1-3-5-9/h1-5,8,11,18H,6-7H2. The number of para-hydroxylation sites is 1. The maximum Gasteiger partial charge on any atom is 0.161 e. The summed E-state index contributed by atoms with van der Waals surface area (Å²) in [5.74, 6) is 0.685. The molecule has 0 radical (unpaired) electrons. The van der Waals surface area contributed by atoms with Crippen LogP contribution >= 0.6 is 11.6 Å². The number of anilines is 2. The minimum Gasteiger partial charge on any atom is -0.388 e. The number of aliphatic hydroxyl groups excluding tert-OH is 1. The third-order valence-corrected chi connectivity index (χ3v) is 3.27.